The fourth-order valence-corrected chi connectivity index (χ4v) is 1.76. The van der Waals surface area contributed by atoms with Gasteiger partial charge in [0.1, 0.15) is 4.47 Å². The lowest BCUT2D eigenvalue weighted by molar-refractivity contribution is 0.977. The van der Waals surface area contributed by atoms with E-state index in [2.05, 4.69) is 55.7 Å². The summed E-state index contributed by atoms with van der Waals surface area (Å²) in [5.74, 6) is 0. The molecular weight excluding hydrogens is 308 g/mol. The SMILES string of the molecule is CCc1ccc(/C=N\Nc2cn[nH]c(=O)c2Br)cc1. The third-order valence-electron chi connectivity index (χ3n) is 2.58. The van der Waals surface area contributed by atoms with Crippen LogP contribution < -0.4 is 11.0 Å². The predicted molar refractivity (Wildman–Crippen MR) is 79.6 cm³/mol. The van der Waals surface area contributed by atoms with Gasteiger partial charge in [-0.1, -0.05) is 31.2 Å². The van der Waals surface area contributed by atoms with Gasteiger partial charge in [0.25, 0.3) is 5.56 Å². The standard InChI is InChI=1S/C13H13BrN4O/c1-2-9-3-5-10(6-4-9)7-15-17-11-8-16-18-13(19)12(11)14/h3-8H,2H2,1H3,(H2,17,18,19)/b15-7-. The Hall–Kier alpha value is -1.95. The molecule has 5 nitrogen and oxygen atoms in total. The minimum absolute atomic E-state index is 0.299. The van der Waals surface area contributed by atoms with Crippen LogP contribution in [0.3, 0.4) is 0 Å². The van der Waals surface area contributed by atoms with E-state index in [0.29, 0.717) is 10.2 Å². The molecule has 1 aromatic carbocycles. The number of rotatable bonds is 4. The minimum atomic E-state index is -0.299. The molecular formula is C13H13BrN4O. The molecule has 0 saturated heterocycles. The van der Waals surface area contributed by atoms with Gasteiger partial charge in [0, 0.05) is 0 Å². The molecule has 0 radical (unpaired) electrons. The van der Waals surface area contributed by atoms with E-state index in [-0.39, 0.29) is 5.56 Å². The summed E-state index contributed by atoms with van der Waals surface area (Å²) in [6.45, 7) is 2.11. The summed E-state index contributed by atoms with van der Waals surface area (Å²) >= 11 is 3.17. The molecule has 0 saturated carbocycles. The van der Waals surface area contributed by atoms with E-state index in [0.717, 1.165) is 12.0 Å². The zero-order chi connectivity index (χ0) is 13.7. The summed E-state index contributed by atoms with van der Waals surface area (Å²) in [7, 11) is 0. The van der Waals surface area contributed by atoms with Crippen LogP contribution in [0.1, 0.15) is 18.1 Å². The van der Waals surface area contributed by atoms with E-state index in [4.69, 9.17) is 0 Å². The molecule has 19 heavy (non-hydrogen) atoms. The fourth-order valence-electron chi connectivity index (χ4n) is 1.48. The van der Waals surface area contributed by atoms with Crippen LogP contribution in [0.5, 0.6) is 0 Å². The van der Waals surface area contributed by atoms with Crippen molar-refractivity contribution in [2.45, 2.75) is 13.3 Å². The average Bonchev–Trinajstić information content (AvgIpc) is 2.44. The number of anilines is 1. The monoisotopic (exact) mass is 320 g/mol. The highest BCUT2D eigenvalue weighted by Gasteiger charge is 2.02. The zero-order valence-corrected chi connectivity index (χ0v) is 11.9. The van der Waals surface area contributed by atoms with E-state index < -0.39 is 0 Å². The molecule has 2 N–H and O–H groups in total. The molecule has 0 spiro atoms. The first-order chi connectivity index (χ1) is 9.20. The largest absolute Gasteiger partial charge is 0.280 e. The van der Waals surface area contributed by atoms with Crippen molar-refractivity contribution in [3.63, 3.8) is 0 Å². The van der Waals surface area contributed by atoms with Crippen molar-refractivity contribution in [1.82, 2.24) is 10.2 Å². The third-order valence-corrected chi connectivity index (χ3v) is 3.37. The van der Waals surface area contributed by atoms with Crippen molar-refractivity contribution in [3.05, 3.63) is 56.4 Å². The van der Waals surface area contributed by atoms with Gasteiger partial charge in [0.05, 0.1) is 18.1 Å². The molecule has 0 fully saturated rings. The van der Waals surface area contributed by atoms with Gasteiger partial charge in [-0.3, -0.25) is 10.2 Å². The number of nitrogens with one attached hydrogen (secondary N) is 2. The third kappa shape index (κ3) is 3.51. The smallest absolute Gasteiger partial charge is 0.275 e. The maximum absolute atomic E-state index is 11.3. The number of H-pyrrole nitrogens is 1. The van der Waals surface area contributed by atoms with Gasteiger partial charge in [0.2, 0.25) is 0 Å². The Labute approximate surface area is 118 Å². The Bertz CT molecular complexity index is 634. The maximum Gasteiger partial charge on any atom is 0.280 e. The van der Waals surface area contributed by atoms with Crippen molar-refractivity contribution in [1.29, 1.82) is 0 Å². The van der Waals surface area contributed by atoms with Gasteiger partial charge in [-0.15, -0.1) is 0 Å². The average molecular weight is 321 g/mol. The summed E-state index contributed by atoms with van der Waals surface area (Å²) in [6.07, 6.45) is 4.19. The number of benzene rings is 1. The van der Waals surface area contributed by atoms with Crippen LogP contribution in [0.15, 0.2) is 44.8 Å². The van der Waals surface area contributed by atoms with Crippen LogP contribution in [0.2, 0.25) is 0 Å². The van der Waals surface area contributed by atoms with E-state index in [9.17, 15) is 4.79 Å². The second-order valence-electron chi connectivity index (χ2n) is 3.89. The summed E-state index contributed by atoms with van der Waals surface area (Å²) in [6, 6.07) is 8.11. The Balaban J connectivity index is 2.07. The summed E-state index contributed by atoms with van der Waals surface area (Å²) in [5.41, 5.74) is 5.26. The van der Waals surface area contributed by atoms with Gasteiger partial charge in [0.15, 0.2) is 0 Å². The van der Waals surface area contributed by atoms with Gasteiger partial charge in [-0.05, 0) is 33.5 Å². The van der Waals surface area contributed by atoms with E-state index >= 15 is 0 Å². The molecule has 1 aromatic heterocycles. The van der Waals surface area contributed by atoms with Gasteiger partial charge < -0.3 is 0 Å². The Morgan fingerprint density at radius 1 is 1.42 bits per heavy atom. The van der Waals surface area contributed by atoms with Crippen molar-refractivity contribution in [2.24, 2.45) is 5.10 Å². The fraction of sp³-hybridized carbons (Fsp3) is 0.154. The lowest BCUT2D eigenvalue weighted by Crippen LogP contribution is -2.10. The lowest BCUT2D eigenvalue weighted by atomic mass is 10.1. The molecule has 0 amide bonds. The van der Waals surface area contributed by atoms with Crippen LogP contribution in [0, 0.1) is 0 Å². The summed E-state index contributed by atoms with van der Waals surface area (Å²) < 4.78 is 0.376. The second kappa shape index (κ2) is 6.29. The number of hydrogen-bond acceptors (Lipinski definition) is 4. The van der Waals surface area contributed by atoms with Gasteiger partial charge in [-0.25, -0.2) is 5.10 Å². The predicted octanol–water partition coefficient (Wildman–Crippen LogP) is 2.54. The van der Waals surface area contributed by atoms with Gasteiger partial charge in [-0.2, -0.15) is 10.2 Å². The van der Waals surface area contributed by atoms with Crippen LogP contribution in [0.4, 0.5) is 5.69 Å². The van der Waals surface area contributed by atoms with Crippen molar-refractivity contribution in [2.75, 3.05) is 5.43 Å². The maximum atomic E-state index is 11.3. The molecule has 0 aliphatic heterocycles. The number of aromatic nitrogens is 2. The molecule has 2 rings (SSSR count). The molecule has 2 aromatic rings. The lowest BCUT2D eigenvalue weighted by Gasteiger charge is -2.01. The molecule has 0 bridgehead atoms. The summed E-state index contributed by atoms with van der Waals surface area (Å²) in [4.78, 5) is 11.3. The zero-order valence-electron chi connectivity index (χ0n) is 10.4. The molecule has 0 atom stereocenters. The van der Waals surface area contributed by atoms with Crippen LogP contribution >= 0.6 is 15.9 Å². The van der Waals surface area contributed by atoms with Crippen molar-refractivity contribution in [3.8, 4) is 0 Å². The second-order valence-corrected chi connectivity index (χ2v) is 4.68. The quantitative estimate of drug-likeness (QED) is 0.671. The number of aryl methyl sites for hydroxylation is 1. The number of hydrazone groups is 1. The van der Waals surface area contributed by atoms with Crippen LogP contribution in [-0.4, -0.2) is 16.4 Å². The number of aromatic amines is 1. The highest BCUT2D eigenvalue weighted by Crippen LogP contribution is 2.14. The topological polar surface area (TPSA) is 70.1 Å². The Kier molecular flexibility index (Phi) is 4.46. The first-order valence-corrected chi connectivity index (χ1v) is 6.61. The molecule has 0 aliphatic rings. The molecule has 6 heteroatoms. The van der Waals surface area contributed by atoms with Gasteiger partial charge >= 0.3 is 0 Å². The van der Waals surface area contributed by atoms with E-state index in [1.165, 1.54) is 11.8 Å². The Morgan fingerprint density at radius 2 is 2.16 bits per heavy atom. The van der Waals surface area contributed by atoms with Crippen LogP contribution in [-0.2, 0) is 6.42 Å². The van der Waals surface area contributed by atoms with Crippen molar-refractivity contribution < 1.29 is 0 Å². The highest BCUT2D eigenvalue weighted by atomic mass is 79.9. The molecule has 0 unspecified atom stereocenters. The summed E-state index contributed by atoms with van der Waals surface area (Å²) in [5, 5.41) is 10.1. The minimum Gasteiger partial charge on any atom is -0.275 e. The Morgan fingerprint density at radius 3 is 2.84 bits per heavy atom. The number of nitrogens with zero attached hydrogens (tertiary/aromatic N) is 2. The number of hydrogen-bond donors (Lipinski definition) is 2. The highest BCUT2D eigenvalue weighted by molar-refractivity contribution is 9.10. The van der Waals surface area contributed by atoms with Crippen LogP contribution in [0.25, 0.3) is 0 Å². The normalized spacial score (nSPS) is 10.8. The van der Waals surface area contributed by atoms with Crippen molar-refractivity contribution >= 4 is 27.8 Å². The van der Waals surface area contributed by atoms with E-state index in [1.54, 1.807) is 6.21 Å². The molecule has 98 valence electrons. The first-order valence-electron chi connectivity index (χ1n) is 5.82. The molecule has 1 heterocycles. The van der Waals surface area contributed by atoms with E-state index in [1.807, 2.05) is 12.1 Å². The molecule has 0 aliphatic carbocycles. The number of halogens is 1. The first kappa shape index (κ1) is 13.5.